The Kier molecular flexibility index (Phi) is 3.70. The molecular formula is C22H20N3O3+. The summed E-state index contributed by atoms with van der Waals surface area (Å²) in [5.41, 5.74) is 8.60. The van der Waals surface area contributed by atoms with Crippen molar-refractivity contribution in [2.75, 3.05) is 0 Å². The van der Waals surface area contributed by atoms with Gasteiger partial charge in [0.1, 0.15) is 17.9 Å². The number of amides is 3. The summed E-state index contributed by atoms with van der Waals surface area (Å²) in [6.45, 7) is 0.219. The number of likely N-dealkylation sites (tertiary alicyclic amines) is 1. The molecule has 0 aromatic heterocycles. The van der Waals surface area contributed by atoms with E-state index in [4.69, 9.17) is 5.73 Å². The van der Waals surface area contributed by atoms with Crippen LogP contribution in [0, 0.1) is 11.8 Å². The Bertz CT molecular complexity index is 1020. The number of benzene rings is 2. The third-order valence-electron chi connectivity index (χ3n) is 6.20. The summed E-state index contributed by atoms with van der Waals surface area (Å²) >= 11 is 0. The van der Waals surface area contributed by atoms with E-state index in [0.717, 1.165) is 21.6 Å². The summed E-state index contributed by atoms with van der Waals surface area (Å²) in [4.78, 5) is 41.0. The van der Waals surface area contributed by atoms with Crippen molar-refractivity contribution in [1.82, 2.24) is 4.90 Å². The van der Waals surface area contributed by atoms with Crippen molar-refractivity contribution >= 4 is 23.8 Å². The summed E-state index contributed by atoms with van der Waals surface area (Å²) in [5, 5.41) is 0. The maximum Gasteiger partial charge on any atom is 0.277 e. The molecule has 2 fully saturated rings. The monoisotopic (exact) mass is 374 g/mol. The highest BCUT2D eigenvalue weighted by Gasteiger charge is 2.67. The Morgan fingerprint density at radius 3 is 2.39 bits per heavy atom. The molecule has 6 nitrogen and oxygen atoms in total. The molecule has 6 heteroatoms. The number of carbonyl (C=O) groups excluding carboxylic acids is 3. The number of primary amides is 1. The average Bonchev–Trinajstić information content (AvgIpc) is 3.18. The van der Waals surface area contributed by atoms with Gasteiger partial charge in [0.25, 0.3) is 5.91 Å². The number of hydrogen-bond acceptors (Lipinski definition) is 3. The average molecular weight is 374 g/mol. The molecule has 2 aromatic rings. The smallest absolute Gasteiger partial charge is 0.277 e. The third kappa shape index (κ3) is 2.28. The molecule has 0 aliphatic carbocycles. The summed E-state index contributed by atoms with van der Waals surface area (Å²) in [7, 11) is 0. The number of hydrogen-bond donors (Lipinski definition) is 2. The van der Waals surface area contributed by atoms with E-state index in [1.165, 1.54) is 4.90 Å². The van der Waals surface area contributed by atoms with Crippen LogP contribution in [-0.2, 0) is 20.9 Å². The van der Waals surface area contributed by atoms with Gasteiger partial charge in [-0.1, -0.05) is 54.6 Å². The molecule has 0 bridgehead atoms. The number of nitrogens with zero attached hydrogens (tertiary/aromatic N) is 1. The van der Waals surface area contributed by atoms with Crippen molar-refractivity contribution in [3.63, 3.8) is 0 Å². The lowest BCUT2D eigenvalue weighted by Gasteiger charge is -2.30. The van der Waals surface area contributed by atoms with E-state index in [2.05, 4.69) is 0 Å². The molecule has 1 unspecified atom stereocenters. The van der Waals surface area contributed by atoms with Gasteiger partial charge >= 0.3 is 0 Å². The van der Waals surface area contributed by atoms with Gasteiger partial charge in [-0.25, -0.2) is 0 Å². The Balaban J connectivity index is 1.58. The van der Waals surface area contributed by atoms with E-state index in [0.29, 0.717) is 0 Å². The van der Waals surface area contributed by atoms with Crippen molar-refractivity contribution in [3.8, 4) is 0 Å². The van der Waals surface area contributed by atoms with E-state index in [1.54, 1.807) is 0 Å². The van der Waals surface area contributed by atoms with Crippen LogP contribution in [0.3, 0.4) is 0 Å². The summed E-state index contributed by atoms with van der Waals surface area (Å²) in [6, 6.07) is 16.2. The van der Waals surface area contributed by atoms with Crippen LogP contribution >= 0.6 is 0 Å². The van der Waals surface area contributed by atoms with Gasteiger partial charge in [-0.2, -0.15) is 0 Å². The van der Waals surface area contributed by atoms with Crippen molar-refractivity contribution in [2.45, 2.75) is 18.6 Å². The molecule has 28 heavy (non-hydrogen) atoms. The molecule has 3 amide bonds. The molecule has 140 valence electrons. The first-order valence-electron chi connectivity index (χ1n) is 9.40. The van der Waals surface area contributed by atoms with Gasteiger partial charge in [0.2, 0.25) is 11.8 Å². The van der Waals surface area contributed by atoms with Crippen LogP contribution in [0.2, 0.25) is 0 Å². The van der Waals surface area contributed by atoms with E-state index < -0.39 is 23.8 Å². The number of nitrogens with one attached hydrogen (secondary N) is 1. The highest BCUT2D eigenvalue weighted by molar-refractivity contribution is 6.08. The summed E-state index contributed by atoms with van der Waals surface area (Å²) in [6.07, 6.45) is 3.82. The Morgan fingerprint density at radius 1 is 0.964 bits per heavy atom. The molecule has 3 heterocycles. The van der Waals surface area contributed by atoms with Gasteiger partial charge in [0, 0.05) is 5.56 Å². The first-order valence-corrected chi connectivity index (χ1v) is 9.40. The zero-order chi connectivity index (χ0) is 19.4. The van der Waals surface area contributed by atoms with Gasteiger partial charge in [0.05, 0.1) is 12.7 Å². The minimum absolute atomic E-state index is 0.213. The predicted molar refractivity (Wildman–Crippen MR) is 101 cm³/mol. The normalized spacial score (nSPS) is 30.1. The number of imide groups is 1. The highest BCUT2D eigenvalue weighted by atomic mass is 16.2. The van der Waals surface area contributed by atoms with Gasteiger partial charge in [-0.3, -0.25) is 24.2 Å². The first kappa shape index (κ1) is 16.9. The molecule has 3 N–H and O–H groups in total. The number of fused-ring (bicyclic) bond motifs is 5. The number of nitrogens with two attached hydrogens (primary N) is 1. The second kappa shape index (κ2) is 6.14. The van der Waals surface area contributed by atoms with Crippen LogP contribution in [0.5, 0.6) is 0 Å². The lowest BCUT2D eigenvalue weighted by Crippen LogP contribution is -3.12. The molecule has 2 saturated heterocycles. The topological polar surface area (TPSA) is 84.9 Å². The lowest BCUT2D eigenvalue weighted by atomic mass is 9.84. The Labute approximate surface area is 162 Å². The minimum atomic E-state index is -0.739. The molecule has 0 radical (unpaired) electrons. The largest absolute Gasteiger partial charge is 0.364 e. The van der Waals surface area contributed by atoms with E-state index in [1.807, 2.05) is 66.9 Å². The zero-order valence-electron chi connectivity index (χ0n) is 15.1. The second-order valence-corrected chi connectivity index (χ2v) is 7.62. The van der Waals surface area contributed by atoms with Gasteiger partial charge in [-0.15, -0.1) is 0 Å². The van der Waals surface area contributed by atoms with E-state index >= 15 is 0 Å². The van der Waals surface area contributed by atoms with Crippen LogP contribution in [0.4, 0.5) is 0 Å². The van der Waals surface area contributed by atoms with Crippen molar-refractivity contribution in [1.29, 1.82) is 0 Å². The molecule has 3 aliphatic heterocycles. The summed E-state index contributed by atoms with van der Waals surface area (Å²) in [5.74, 6) is -2.34. The Morgan fingerprint density at radius 2 is 1.64 bits per heavy atom. The summed E-state index contributed by atoms with van der Waals surface area (Å²) < 4.78 is 0. The van der Waals surface area contributed by atoms with Crippen molar-refractivity contribution in [3.05, 3.63) is 77.5 Å². The van der Waals surface area contributed by atoms with Crippen LogP contribution in [0.1, 0.15) is 22.7 Å². The van der Waals surface area contributed by atoms with Gasteiger partial charge in [-0.05, 0) is 17.2 Å². The molecule has 0 spiro atoms. The molecule has 0 saturated carbocycles. The highest BCUT2D eigenvalue weighted by Crippen LogP contribution is 2.43. The standard InChI is InChI=1S/C22H19N3O3/c23-20(26)19-17-16(18-15-9-5-4-8-14(15)10-11-24(18)19)21(27)25(22(17)28)12-13-6-2-1-3-7-13/h1-11,16-19H,12H2,(H2,23,26)/p+1/t16-,17+,18+,19-/m0/s1. The number of carbonyl (C=O) groups is 3. The van der Waals surface area contributed by atoms with Crippen LogP contribution in [0.15, 0.2) is 60.8 Å². The quantitative estimate of drug-likeness (QED) is 0.756. The van der Waals surface area contributed by atoms with Crippen LogP contribution < -0.4 is 10.6 Å². The first-order chi connectivity index (χ1) is 13.6. The third-order valence-corrected chi connectivity index (χ3v) is 6.20. The fraction of sp³-hybridized carbons (Fsp3) is 0.227. The number of quaternary nitrogens is 1. The Hall–Kier alpha value is -3.25. The van der Waals surface area contributed by atoms with Crippen LogP contribution in [-0.4, -0.2) is 28.7 Å². The minimum Gasteiger partial charge on any atom is -0.364 e. The predicted octanol–water partition coefficient (Wildman–Crippen LogP) is 0.266. The van der Waals surface area contributed by atoms with Gasteiger partial charge < -0.3 is 5.73 Å². The molecule has 3 aliphatic rings. The maximum atomic E-state index is 13.4. The fourth-order valence-corrected chi connectivity index (χ4v) is 5.06. The maximum absolute atomic E-state index is 13.4. The zero-order valence-corrected chi connectivity index (χ0v) is 15.1. The van der Waals surface area contributed by atoms with Crippen molar-refractivity contribution < 1.29 is 19.3 Å². The van der Waals surface area contributed by atoms with E-state index in [9.17, 15) is 14.4 Å². The van der Waals surface area contributed by atoms with Gasteiger partial charge in [0.15, 0.2) is 6.04 Å². The second-order valence-electron chi connectivity index (χ2n) is 7.62. The molecule has 5 atom stereocenters. The fourth-order valence-electron chi connectivity index (χ4n) is 5.06. The SMILES string of the molecule is NC(=O)[C@@H]1[C@@H]2C(=O)N(Cc3ccccc3)C(=O)[C@@H]2[C@H]2c3ccccc3C=C[NH+]12. The molecular weight excluding hydrogens is 354 g/mol. The van der Waals surface area contributed by atoms with E-state index in [-0.39, 0.29) is 24.4 Å². The molecule has 2 aromatic carbocycles. The molecule has 5 rings (SSSR count). The lowest BCUT2D eigenvalue weighted by molar-refractivity contribution is -0.884. The van der Waals surface area contributed by atoms with Crippen LogP contribution in [0.25, 0.3) is 6.08 Å². The van der Waals surface area contributed by atoms with Crippen molar-refractivity contribution in [2.24, 2.45) is 17.6 Å². The number of rotatable bonds is 3.